The van der Waals surface area contributed by atoms with Crippen molar-refractivity contribution in [3.05, 3.63) is 0 Å². The second-order valence-corrected chi connectivity index (χ2v) is 4.48. The molecule has 0 saturated heterocycles. The maximum absolute atomic E-state index is 8.96. The highest BCUT2D eigenvalue weighted by molar-refractivity contribution is 7.94. The predicted molar refractivity (Wildman–Crippen MR) is 57.6 cm³/mol. The van der Waals surface area contributed by atoms with Crippen LogP contribution in [0.1, 0.15) is 52.9 Å². The predicted octanol–water partition coefficient (Wildman–Crippen LogP) is 4.19. The van der Waals surface area contributed by atoms with E-state index in [1.165, 1.54) is 25.7 Å². The Morgan fingerprint density at radius 1 is 1.17 bits per heavy atom. The van der Waals surface area contributed by atoms with Crippen molar-refractivity contribution in [3.63, 3.8) is 0 Å². The van der Waals surface area contributed by atoms with Crippen molar-refractivity contribution in [1.82, 2.24) is 0 Å². The molecule has 0 amide bonds. The first kappa shape index (κ1) is 12.3. The number of hydrogen-bond acceptors (Lipinski definition) is 2. The molecular weight excluding hydrogens is 168 g/mol. The molecule has 0 aromatic rings. The van der Waals surface area contributed by atoms with Gasteiger partial charge in [-0.3, -0.25) is 0 Å². The molecule has 2 heteroatoms. The summed E-state index contributed by atoms with van der Waals surface area (Å²) in [5.41, 5.74) is 0. The molecule has 2 atom stereocenters. The van der Waals surface area contributed by atoms with Crippen LogP contribution in [0.15, 0.2) is 0 Å². The normalized spacial score (nSPS) is 16.0. The summed E-state index contributed by atoms with van der Waals surface area (Å²) >= 11 is 1.05. The van der Waals surface area contributed by atoms with Crippen LogP contribution < -0.4 is 0 Å². The highest BCUT2D eigenvalue weighted by Gasteiger charge is 2.08. The van der Waals surface area contributed by atoms with Crippen LogP contribution in [0.25, 0.3) is 0 Å². The van der Waals surface area contributed by atoms with Crippen LogP contribution in [0.2, 0.25) is 0 Å². The Labute approximate surface area is 81.2 Å². The lowest BCUT2D eigenvalue weighted by Crippen LogP contribution is -2.04. The van der Waals surface area contributed by atoms with Crippen LogP contribution in [0.5, 0.6) is 0 Å². The molecule has 74 valence electrons. The molecule has 0 aromatic heterocycles. The fourth-order valence-electron chi connectivity index (χ4n) is 1.25. The largest absolute Gasteiger partial charge is 0.330 e. The number of rotatable bonds is 7. The highest BCUT2D eigenvalue weighted by atomic mass is 32.2. The van der Waals surface area contributed by atoms with E-state index in [0.717, 1.165) is 24.4 Å². The smallest absolute Gasteiger partial charge is 0.0308 e. The molecule has 0 radical (unpaired) electrons. The second kappa shape index (κ2) is 7.93. The van der Waals surface area contributed by atoms with Crippen LogP contribution in [0, 0.1) is 5.92 Å². The zero-order chi connectivity index (χ0) is 9.40. The lowest BCUT2D eigenvalue weighted by atomic mass is 10.0. The molecule has 0 aromatic carbocycles. The average molecular weight is 190 g/mol. The van der Waals surface area contributed by atoms with Gasteiger partial charge in [0.05, 0.1) is 0 Å². The van der Waals surface area contributed by atoms with Gasteiger partial charge in [0.2, 0.25) is 0 Å². The first-order valence-corrected chi connectivity index (χ1v) is 5.88. The molecule has 0 saturated carbocycles. The molecule has 0 rings (SSSR count). The van der Waals surface area contributed by atoms with Crippen molar-refractivity contribution in [1.29, 1.82) is 0 Å². The van der Waals surface area contributed by atoms with Crippen LogP contribution in [0.4, 0.5) is 0 Å². The minimum absolute atomic E-state index is 0.476. The van der Waals surface area contributed by atoms with Crippen LogP contribution >= 0.6 is 12.0 Å². The minimum atomic E-state index is 0.476. The zero-order valence-electron chi connectivity index (χ0n) is 8.55. The molecule has 2 unspecified atom stereocenters. The summed E-state index contributed by atoms with van der Waals surface area (Å²) in [6.07, 6.45) is 6.02. The highest BCUT2D eigenvalue weighted by Crippen LogP contribution is 2.21. The van der Waals surface area contributed by atoms with Crippen LogP contribution in [0.3, 0.4) is 0 Å². The average Bonchev–Trinajstić information content (AvgIpc) is 2.11. The lowest BCUT2D eigenvalue weighted by Gasteiger charge is -2.14. The van der Waals surface area contributed by atoms with Gasteiger partial charge < -0.3 is 4.55 Å². The van der Waals surface area contributed by atoms with Gasteiger partial charge >= 0.3 is 0 Å². The standard InChI is InChI=1S/C10H22OS/c1-4-6-10(12-11)8-7-9(3)5-2/h9-11H,4-8H2,1-3H3. The van der Waals surface area contributed by atoms with E-state index < -0.39 is 0 Å². The van der Waals surface area contributed by atoms with E-state index in [1.54, 1.807) is 0 Å². The topological polar surface area (TPSA) is 20.2 Å². The Bertz CT molecular complexity index is 95.8. The third-order valence-electron chi connectivity index (χ3n) is 2.44. The minimum Gasteiger partial charge on any atom is -0.330 e. The molecule has 1 nitrogen and oxygen atoms in total. The van der Waals surface area contributed by atoms with E-state index in [2.05, 4.69) is 20.8 Å². The first-order chi connectivity index (χ1) is 5.74. The van der Waals surface area contributed by atoms with Gasteiger partial charge in [-0.2, -0.15) is 0 Å². The van der Waals surface area contributed by atoms with Crippen LogP contribution in [-0.4, -0.2) is 9.80 Å². The summed E-state index contributed by atoms with van der Waals surface area (Å²) in [6.45, 7) is 6.68. The molecule has 0 heterocycles. The molecule has 0 fully saturated rings. The summed E-state index contributed by atoms with van der Waals surface area (Å²) < 4.78 is 8.96. The van der Waals surface area contributed by atoms with Crippen molar-refractivity contribution >= 4 is 12.0 Å². The third kappa shape index (κ3) is 5.90. The summed E-state index contributed by atoms with van der Waals surface area (Å²) in [5.74, 6) is 0.816. The monoisotopic (exact) mass is 190 g/mol. The van der Waals surface area contributed by atoms with E-state index in [1.807, 2.05) is 0 Å². The van der Waals surface area contributed by atoms with Gasteiger partial charge in [0, 0.05) is 5.25 Å². The van der Waals surface area contributed by atoms with Gasteiger partial charge in [-0.05, 0) is 37.2 Å². The summed E-state index contributed by atoms with van der Waals surface area (Å²) in [4.78, 5) is 0. The quantitative estimate of drug-likeness (QED) is 0.607. The van der Waals surface area contributed by atoms with E-state index in [9.17, 15) is 0 Å². The van der Waals surface area contributed by atoms with Crippen molar-refractivity contribution in [2.24, 2.45) is 5.92 Å². The van der Waals surface area contributed by atoms with Crippen molar-refractivity contribution in [3.8, 4) is 0 Å². The van der Waals surface area contributed by atoms with Crippen molar-refractivity contribution in [2.75, 3.05) is 0 Å². The Kier molecular flexibility index (Phi) is 8.14. The summed E-state index contributed by atoms with van der Waals surface area (Å²) in [5, 5.41) is 0.476. The summed E-state index contributed by atoms with van der Waals surface area (Å²) in [7, 11) is 0. The third-order valence-corrected chi connectivity index (χ3v) is 3.21. The molecule has 12 heavy (non-hydrogen) atoms. The molecule has 0 aliphatic carbocycles. The fraction of sp³-hybridized carbons (Fsp3) is 1.00. The molecular formula is C10H22OS. The first-order valence-electron chi connectivity index (χ1n) is 5.04. The fourth-order valence-corrected chi connectivity index (χ4v) is 1.83. The van der Waals surface area contributed by atoms with Gasteiger partial charge in [0.1, 0.15) is 0 Å². The lowest BCUT2D eigenvalue weighted by molar-refractivity contribution is 0.476. The second-order valence-electron chi connectivity index (χ2n) is 3.61. The molecule has 0 bridgehead atoms. The molecule has 1 N–H and O–H groups in total. The van der Waals surface area contributed by atoms with Gasteiger partial charge in [-0.15, -0.1) is 0 Å². The Morgan fingerprint density at radius 3 is 2.25 bits per heavy atom. The van der Waals surface area contributed by atoms with Gasteiger partial charge in [0.15, 0.2) is 0 Å². The van der Waals surface area contributed by atoms with E-state index >= 15 is 0 Å². The molecule has 0 aliphatic rings. The van der Waals surface area contributed by atoms with Crippen molar-refractivity contribution < 1.29 is 4.55 Å². The van der Waals surface area contributed by atoms with Gasteiger partial charge in [0.25, 0.3) is 0 Å². The Morgan fingerprint density at radius 2 is 1.83 bits per heavy atom. The Hall–Kier alpha value is 0.310. The Balaban J connectivity index is 3.43. The van der Waals surface area contributed by atoms with Crippen molar-refractivity contribution in [2.45, 2.75) is 58.1 Å². The van der Waals surface area contributed by atoms with Gasteiger partial charge in [-0.1, -0.05) is 33.6 Å². The molecule has 0 aliphatic heterocycles. The maximum atomic E-state index is 8.96. The SMILES string of the molecule is CCCC(CCC(C)CC)SO. The number of hydrogen-bond donors (Lipinski definition) is 1. The van der Waals surface area contributed by atoms with E-state index in [0.29, 0.717) is 5.25 Å². The van der Waals surface area contributed by atoms with Gasteiger partial charge in [-0.25, -0.2) is 0 Å². The summed E-state index contributed by atoms with van der Waals surface area (Å²) in [6, 6.07) is 0. The molecule has 0 spiro atoms. The zero-order valence-corrected chi connectivity index (χ0v) is 9.36. The maximum Gasteiger partial charge on any atom is 0.0308 e. The van der Waals surface area contributed by atoms with Crippen LogP contribution in [-0.2, 0) is 0 Å². The van der Waals surface area contributed by atoms with E-state index in [-0.39, 0.29) is 0 Å². The van der Waals surface area contributed by atoms with E-state index in [4.69, 9.17) is 4.55 Å².